The highest BCUT2D eigenvalue weighted by molar-refractivity contribution is 8.13. The van der Waals surface area contributed by atoms with E-state index in [2.05, 4.69) is 22.3 Å². The van der Waals surface area contributed by atoms with Gasteiger partial charge in [0.2, 0.25) is 0 Å². The van der Waals surface area contributed by atoms with Crippen LogP contribution in [0.3, 0.4) is 0 Å². The molecule has 0 radical (unpaired) electrons. The minimum atomic E-state index is -0.162. The van der Waals surface area contributed by atoms with E-state index in [0.29, 0.717) is 40.7 Å². The van der Waals surface area contributed by atoms with Crippen LogP contribution in [0.1, 0.15) is 21.7 Å². The molecule has 0 saturated heterocycles. The topological polar surface area (TPSA) is 58.7 Å². The first-order valence-corrected chi connectivity index (χ1v) is 10.3. The molecule has 4 rings (SSSR count). The van der Waals surface area contributed by atoms with Gasteiger partial charge in [0.1, 0.15) is 17.0 Å². The fraction of sp³-hybridized carbons (Fsp3) is 0.190. The molecule has 2 aromatic carbocycles. The van der Waals surface area contributed by atoms with Crippen LogP contribution in [0, 0.1) is 6.92 Å². The van der Waals surface area contributed by atoms with Crippen LogP contribution in [0.25, 0.3) is 11.3 Å². The predicted octanol–water partition coefficient (Wildman–Crippen LogP) is 5.05. The van der Waals surface area contributed by atoms with Crippen LogP contribution in [0.5, 0.6) is 0 Å². The lowest BCUT2D eigenvalue weighted by molar-refractivity contribution is 0.0859. The molecule has 1 aliphatic rings. The van der Waals surface area contributed by atoms with Crippen molar-refractivity contribution in [1.82, 2.24) is 10.1 Å². The van der Waals surface area contributed by atoms with Gasteiger partial charge in [0.05, 0.1) is 11.6 Å². The van der Waals surface area contributed by atoms with Crippen LogP contribution >= 0.6 is 23.4 Å². The Kier molecular flexibility index (Phi) is 5.50. The lowest BCUT2D eigenvalue weighted by Gasteiger charge is -2.18. The molecular weight excluding hydrogens is 394 g/mol. The zero-order chi connectivity index (χ0) is 19.5. The summed E-state index contributed by atoms with van der Waals surface area (Å²) in [4.78, 5) is 19.6. The SMILES string of the molecule is Cc1onc(-c2ccccc2Cl)c1C(=O)N1CCN=C1SCc1ccccc1. The van der Waals surface area contributed by atoms with Gasteiger partial charge in [-0.25, -0.2) is 0 Å². The van der Waals surface area contributed by atoms with E-state index in [1.165, 1.54) is 5.56 Å². The standard InChI is InChI=1S/C21H18ClN3O2S/c1-14-18(19(24-27-14)16-9-5-6-10-17(16)22)20(26)25-12-11-23-21(25)28-13-15-7-3-2-4-8-15/h2-10H,11-13H2,1H3. The van der Waals surface area contributed by atoms with Crippen molar-refractivity contribution in [1.29, 1.82) is 0 Å². The third kappa shape index (κ3) is 3.70. The number of aliphatic imine (C=N–C) groups is 1. The van der Waals surface area contributed by atoms with E-state index in [1.807, 2.05) is 36.4 Å². The molecule has 1 aromatic heterocycles. The van der Waals surface area contributed by atoms with Crippen molar-refractivity contribution in [3.63, 3.8) is 0 Å². The maximum absolute atomic E-state index is 13.3. The Morgan fingerprint density at radius 2 is 1.93 bits per heavy atom. The summed E-state index contributed by atoms with van der Waals surface area (Å²) < 4.78 is 5.35. The van der Waals surface area contributed by atoms with Gasteiger partial charge in [-0.2, -0.15) is 0 Å². The quantitative estimate of drug-likeness (QED) is 0.602. The molecule has 1 amide bonds. The third-order valence-corrected chi connectivity index (χ3v) is 5.88. The van der Waals surface area contributed by atoms with Crippen molar-refractivity contribution in [2.45, 2.75) is 12.7 Å². The molecule has 3 aromatic rings. The first-order valence-electron chi connectivity index (χ1n) is 8.89. The van der Waals surface area contributed by atoms with Gasteiger partial charge >= 0.3 is 0 Å². The molecule has 0 fully saturated rings. The normalized spacial score (nSPS) is 13.6. The molecule has 1 aliphatic heterocycles. The molecular formula is C21H18ClN3O2S. The lowest BCUT2D eigenvalue weighted by Crippen LogP contribution is -2.33. The number of thioether (sulfide) groups is 1. The van der Waals surface area contributed by atoms with E-state index in [1.54, 1.807) is 29.7 Å². The molecule has 142 valence electrons. The number of hydrogen-bond donors (Lipinski definition) is 0. The van der Waals surface area contributed by atoms with Crippen LogP contribution in [0.4, 0.5) is 0 Å². The summed E-state index contributed by atoms with van der Waals surface area (Å²) in [6.07, 6.45) is 0. The van der Waals surface area contributed by atoms with Gasteiger partial charge in [-0.15, -0.1) is 0 Å². The smallest absolute Gasteiger partial charge is 0.265 e. The maximum Gasteiger partial charge on any atom is 0.265 e. The Hall–Kier alpha value is -2.57. The van der Waals surface area contributed by atoms with E-state index in [9.17, 15) is 4.79 Å². The fourth-order valence-corrected chi connectivity index (χ4v) is 4.28. The molecule has 0 N–H and O–H groups in total. The zero-order valence-electron chi connectivity index (χ0n) is 15.3. The number of benzene rings is 2. The predicted molar refractivity (Wildman–Crippen MR) is 113 cm³/mol. The molecule has 28 heavy (non-hydrogen) atoms. The minimum absolute atomic E-state index is 0.162. The lowest BCUT2D eigenvalue weighted by atomic mass is 10.1. The Morgan fingerprint density at radius 1 is 1.18 bits per heavy atom. The van der Waals surface area contributed by atoms with Gasteiger partial charge in [-0.3, -0.25) is 14.7 Å². The van der Waals surface area contributed by atoms with Gasteiger partial charge in [0, 0.05) is 17.9 Å². The number of amides is 1. The number of aryl methyl sites for hydroxylation is 1. The van der Waals surface area contributed by atoms with E-state index >= 15 is 0 Å². The zero-order valence-corrected chi connectivity index (χ0v) is 16.8. The first-order chi connectivity index (χ1) is 13.6. The Labute approximate surface area is 172 Å². The van der Waals surface area contributed by atoms with E-state index < -0.39 is 0 Å². The molecule has 0 unspecified atom stereocenters. The van der Waals surface area contributed by atoms with Crippen molar-refractivity contribution in [3.8, 4) is 11.3 Å². The van der Waals surface area contributed by atoms with Gasteiger partial charge in [-0.05, 0) is 18.6 Å². The summed E-state index contributed by atoms with van der Waals surface area (Å²) in [7, 11) is 0. The number of halogens is 1. The number of aromatic nitrogens is 1. The van der Waals surface area contributed by atoms with Crippen LogP contribution in [-0.4, -0.2) is 34.2 Å². The number of carbonyl (C=O) groups excluding carboxylic acids is 1. The van der Waals surface area contributed by atoms with Crippen molar-refractivity contribution in [2.75, 3.05) is 13.1 Å². The number of amidine groups is 1. The molecule has 0 atom stereocenters. The minimum Gasteiger partial charge on any atom is -0.360 e. The Morgan fingerprint density at radius 3 is 2.71 bits per heavy atom. The number of carbonyl (C=O) groups is 1. The first kappa shape index (κ1) is 18.8. The summed E-state index contributed by atoms with van der Waals surface area (Å²) in [5.41, 5.74) is 2.77. The van der Waals surface area contributed by atoms with Crippen molar-refractivity contribution >= 4 is 34.4 Å². The maximum atomic E-state index is 13.3. The molecule has 7 heteroatoms. The van der Waals surface area contributed by atoms with Crippen LogP contribution in [-0.2, 0) is 5.75 Å². The van der Waals surface area contributed by atoms with Gasteiger partial charge in [0.25, 0.3) is 5.91 Å². The van der Waals surface area contributed by atoms with Crippen molar-refractivity contribution < 1.29 is 9.32 Å². The van der Waals surface area contributed by atoms with E-state index in [4.69, 9.17) is 16.1 Å². The Balaban J connectivity index is 1.59. The summed E-state index contributed by atoms with van der Waals surface area (Å²) >= 11 is 7.88. The fourth-order valence-electron chi connectivity index (χ4n) is 3.06. The third-order valence-electron chi connectivity index (χ3n) is 4.46. The number of hydrogen-bond acceptors (Lipinski definition) is 5. The second-order valence-corrected chi connectivity index (χ2v) is 7.69. The summed E-state index contributed by atoms with van der Waals surface area (Å²) in [6, 6.07) is 17.4. The summed E-state index contributed by atoms with van der Waals surface area (Å²) in [5.74, 6) is 1.06. The highest BCUT2D eigenvalue weighted by Gasteiger charge is 2.31. The summed E-state index contributed by atoms with van der Waals surface area (Å²) in [5, 5.41) is 5.35. The van der Waals surface area contributed by atoms with Crippen molar-refractivity contribution in [2.24, 2.45) is 4.99 Å². The number of nitrogens with zero attached hydrogens (tertiary/aromatic N) is 3. The molecule has 2 heterocycles. The van der Waals surface area contributed by atoms with Gasteiger partial charge in [-0.1, -0.05) is 77.1 Å². The molecule has 0 spiro atoms. The Bertz CT molecular complexity index is 1030. The van der Waals surface area contributed by atoms with Crippen LogP contribution in [0.2, 0.25) is 5.02 Å². The average molecular weight is 412 g/mol. The van der Waals surface area contributed by atoms with Crippen molar-refractivity contribution in [3.05, 3.63) is 76.5 Å². The largest absolute Gasteiger partial charge is 0.360 e. The second-order valence-electron chi connectivity index (χ2n) is 6.34. The molecule has 0 bridgehead atoms. The van der Waals surface area contributed by atoms with Gasteiger partial charge < -0.3 is 4.52 Å². The highest BCUT2D eigenvalue weighted by atomic mass is 35.5. The molecule has 0 aliphatic carbocycles. The highest BCUT2D eigenvalue weighted by Crippen LogP contribution is 2.32. The number of rotatable bonds is 4. The summed E-state index contributed by atoms with van der Waals surface area (Å²) in [6.45, 7) is 2.88. The van der Waals surface area contributed by atoms with E-state index in [-0.39, 0.29) is 5.91 Å². The monoisotopic (exact) mass is 411 g/mol. The second kappa shape index (κ2) is 8.20. The average Bonchev–Trinajstić information content (AvgIpc) is 3.34. The van der Waals surface area contributed by atoms with E-state index in [0.717, 1.165) is 10.9 Å². The molecule has 0 saturated carbocycles. The van der Waals surface area contributed by atoms with Crippen LogP contribution < -0.4 is 0 Å². The van der Waals surface area contributed by atoms with Gasteiger partial charge in [0.15, 0.2) is 5.17 Å². The molecule has 5 nitrogen and oxygen atoms in total. The van der Waals surface area contributed by atoms with Crippen LogP contribution in [0.15, 0.2) is 64.1 Å².